The average molecular weight is 1330 g/mol. The Hall–Kier alpha value is -13.5. The number of para-hydroxylation sites is 5. The molecule has 22 aromatic rings. The summed E-state index contributed by atoms with van der Waals surface area (Å²) in [6.07, 6.45) is 0. The fraction of sp³-hybridized carbons (Fsp3) is 0.0303. The summed E-state index contributed by atoms with van der Waals surface area (Å²) < 4.78 is 19.8. The number of furan rings is 2. The van der Waals surface area contributed by atoms with Crippen molar-refractivity contribution in [2.24, 2.45) is 0 Å². The summed E-state index contributed by atoms with van der Waals surface area (Å²) in [6, 6.07) is 126. The Balaban J connectivity index is 0.000000135. The van der Waals surface area contributed by atoms with Crippen LogP contribution in [-0.4, -0.2) is 13.7 Å². The van der Waals surface area contributed by atoms with Crippen molar-refractivity contribution in [3.05, 3.63) is 357 Å². The van der Waals surface area contributed by atoms with Crippen molar-refractivity contribution >= 4 is 142 Å². The lowest BCUT2D eigenvalue weighted by Crippen LogP contribution is -2.15. The minimum Gasteiger partial charge on any atom is -0.456 e. The van der Waals surface area contributed by atoms with E-state index >= 15 is 0 Å². The number of nitrogens with zero attached hydrogens (tertiary/aromatic N) is 3. The first-order valence-corrected chi connectivity index (χ1v) is 35.9. The van der Waals surface area contributed by atoms with Gasteiger partial charge in [-0.3, -0.25) is 0 Å². The number of benzene rings is 17. The van der Waals surface area contributed by atoms with E-state index < -0.39 is 0 Å². The lowest BCUT2D eigenvalue weighted by atomic mass is 9.82. The minimum atomic E-state index is -0.0806. The van der Waals surface area contributed by atoms with Gasteiger partial charge in [0.1, 0.15) is 22.3 Å². The first-order valence-electron chi connectivity index (χ1n) is 35.9. The molecule has 0 saturated heterocycles. The van der Waals surface area contributed by atoms with E-state index in [0.717, 1.165) is 66.2 Å². The van der Waals surface area contributed by atoms with Crippen molar-refractivity contribution in [1.29, 1.82) is 0 Å². The normalized spacial score (nSPS) is 12.8. The highest BCUT2D eigenvalue weighted by Gasteiger charge is 2.36. The Kier molecular flexibility index (Phi) is 12.5. The number of fused-ring (bicyclic) bond motifs is 25. The molecule has 0 fully saturated rings. The zero-order chi connectivity index (χ0) is 68.5. The molecular weight excluding hydrogens is 1260 g/mol. The molecule has 0 bridgehead atoms. The van der Waals surface area contributed by atoms with E-state index in [2.05, 4.69) is 349 Å². The zero-order valence-corrected chi connectivity index (χ0v) is 57.1. The molecule has 1 aliphatic rings. The van der Waals surface area contributed by atoms with Crippen LogP contribution in [0.4, 0.5) is 0 Å². The molecule has 0 atom stereocenters. The molecular formula is C99H63N3O2. The summed E-state index contributed by atoms with van der Waals surface area (Å²) in [4.78, 5) is 0. The van der Waals surface area contributed by atoms with Crippen molar-refractivity contribution in [1.82, 2.24) is 13.7 Å². The second-order valence-electron chi connectivity index (χ2n) is 28.6. The van der Waals surface area contributed by atoms with Crippen molar-refractivity contribution in [3.63, 3.8) is 0 Å². The molecule has 5 aromatic heterocycles. The molecule has 5 nitrogen and oxygen atoms in total. The van der Waals surface area contributed by atoms with Crippen molar-refractivity contribution in [2.45, 2.75) is 19.3 Å². The maximum absolute atomic E-state index is 6.25. The molecule has 1 aliphatic carbocycles. The van der Waals surface area contributed by atoms with Gasteiger partial charge in [0.15, 0.2) is 0 Å². The van der Waals surface area contributed by atoms with Crippen molar-refractivity contribution in [2.75, 3.05) is 0 Å². The van der Waals surface area contributed by atoms with Crippen LogP contribution in [0.25, 0.3) is 203 Å². The lowest BCUT2D eigenvalue weighted by Gasteiger charge is -2.22. The van der Waals surface area contributed by atoms with Gasteiger partial charge >= 0.3 is 0 Å². The topological polar surface area (TPSA) is 41.1 Å². The second kappa shape index (κ2) is 22.3. The van der Waals surface area contributed by atoms with Gasteiger partial charge in [0.05, 0.1) is 33.1 Å². The molecule has 486 valence electrons. The van der Waals surface area contributed by atoms with Gasteiger partial charge < -0.3 is 22.5 Å². The third-order valence-electron chi connectivity index (χ3n) is 22.7. The first-order chi connectivity index (χ1) is 51.3. The highest BCUT2D eigenvalue weighted by Crippen LogP contribution is 2.51. The van der Waals surface area contributed by atoms with E-state index in [1.807, 2.05) is 24.3 Å². The summed E-state index contributed by atoms with van der Waals surface area (Å²) >= 11 is 0. The van der Waals surface area contributed by atoms with Gasteiger partial charge in [-0.05, 0) is 186 Å². The molecule has 5 heterocycles. The molecule has 0 amide bonds. The molecule has 104 heavy (non-hydrogen) atoms. The monoisotopic (exact) mass is 1330 g/mol. The summed E-state index contributed by atoms with van der Waals surface area (Å²) in [5.41, 5.74) is 26.8. The molecule has 0 saturated carbocycles. The van der Waals surface area contributed by atoms with Gasteiger partial charge in [0.25, 0.3) is 0 Å². The fourth-order valence-electron chi connectivity index (χ4n) is 17.9. The fourth-order valence-corrected chi connectivity index (χ4v) is 17.9. The molecule has 0 spiro atoms. The number of rotatable bonds is 6. The zero-order valence-electron chi connectivity index (χ0n) is 57.1. The summed E-state index contributed by atoms with van der Waals surface area (Å²) in [5.74, 6) is 0. The predicted molar refractivity (Wildman–Crippen MR) is 437 cm³/mol. The molecule has 5 heteroatoms. The van der Waals surface area contributed by atoms with Gasteiger partial charge in [0, 0.05) is 81.7 Å². The molecule has 0 aliphatic heterocycles. The predicted octanol–water partition coefficient (Wildman–Crippen LogP) is 27.2. The third kappa shape index (κ3) is 8.56. The van der Waals surface area contributed by atoms with Crippen molar-refractivity contribution < 1.29 is 8.83 Å². The van der Waals surface area contributed by atoms with Crippen LogP contribution in [0, 0.1) is 0 Å². The Morgan fingerprint density at radius 2 is 0.663 bits per heavy atom. The Labute approximate surface area is 598 Å². The molecule has 0 unspecified atom stereocenters. The summed E-state index contributed by atoms with van der Waals surface area (Å²) in [6.45, 7) is 4.73. The maximum Gasteiger partial charge on any atom is 0.136 e. The Morgan fingerprint density at radius 1 is 0.202 bits per heavy atom. The van der Waals surface area contributed by atoms with Gasteiger partial charge in [0.2, 0.25) is 0 Å². The number of hydrogen-bond donors (Lipinski definition) is 0. The third-order valence-corrected chi connectivity index (χ3v) is 22.7. The SMILES string of the molecule is CC1(C)c2ccccc2-c2ccc(-n3c4ccccc4c4ccc(-c5ccc6c7ccccc7c7ccc8c(c9ccccc9n8-c8ccccc8)c7c6c5)cc43)cc21.c1ccc(-c2ccc3c4ccc(-c5cccc6oc7ccccc7c56)cc4n(-c4ccc5oc6ccccc6c5c4)c3c2)cc1. The van der Waals surface area contributed by atoms with E-state index in [-0.39, 0.29) is 5.41 Å². The smallest absolute Gasteiger partial charge is 0.136 e. The van der Waals surface area contributed by atoms with Crippen LogP contribution < -0.4 is 0 Å². The van der Waals surface area contributed by atoms with E-state index in [4.69, 9.17) is 8.83 Å². The van der Waals surface area contributed by atoms with E-state index in [1.54, 1.807) is 0 Å². The maximum atomic E-state index is 6.25. The second-order valence-corrected chi connectivity index (χ2v) is 28.6. The number of aromatic nitrogens is 3. The van der Waals surface area contributed by atoms with E-state index in [9.17, 15) is 0 Å². The van der Waals surface area contributed by atoms with Gasteiger partial charge in [-0.25, -0.2) is 0 Å². The van der Waals surface area contributed by atoms with Gasteiger partial charge in [-0.1, -0.05) is 257 Å². The summed E-state index contributed by atoms with van der Waals surface area (Å²) in [5, 5.41) is 19.8. The van der Waals surface area contributed by atoms with Crippen LogP contribution in [0.5, 0.6) is 0 Å². The van der Waals surface area contributed by atoms with Crippen LogP contribution in [-0.2, 0) is 5.41 Å². The molecule has 17 aromatic carbocycles. The van der Waals surface area contributed by atoms with Crippen LogP contribution in [0.3, 0.4) is 0 Å². The molecule has 0 radical (unpaired) electrons. The minimum absolute atomic E-state index is 0.0806. The number of hydrogen-bond acceptors (Lipinski definition) is 2. The Bertz CT molecular complexity index is 7380. The molecule has 0 N–H and O–H groups in total. The molecule has 23 rings (SSSR count). The van der Waals surface area contributed by atoms with E-state index in [1.165, 1.54) is 148 Å². The van der Waals surface area contributed by atoms with Crippen LogP contribution in [0.1, 0.15) is 25.0 Å². The first kappa shape index (κ1) is 58.3. The van der Waals surface area contributed by atoms with Crippen LogP contribution in [0.15, 0.2) is 355 Å². The highest BCUT2D eigenvalue weighted by atomic mass is 16.3. The quantitative estimate of drug-likeness (QED) is 0.156. The standard InChI is InChI=1S/C57H38N2.C42H25NO2/c1-57(2)49-21-11-8-18-42(49)43-29-26-38(34-50(43)57)59-51-22-12-9-19-44(51)45-28-25-36(33-54(45)59)35-24-27-41-39-16-6-7-17-40(39)46-30-31-53-56(55(46)48(41)32-35)47-20-10-13-23-52(47)58(53)37-14-4-3-5-15-37;1-2-9-26(10-3-1)27-17-20-31-32-21-18-28(30-13-8-16-41-42(30)34-12-5-7-15-39(34)45-41)24-37(32)43(36(31)23-27)29-19-22-40-35(25-29)33-11-4-6-14-38(33)44-40/h3-34H,1-2H3;1-25H. The largest absolute Gasteiger partial charge is 0.456 e. The van der Waals surface area contributed by atoms with Crippen LogP contribution >= 0.6 is 0 Å². The van der Waals surface area contributed by atoms with E-state index in [0.29, 0.717) is 0 Å². The lowest BCUT2D eigenvalue weighted by molar-refractivity contribution is 0.660. The van der Waals surface area contributed by atoms with Gasteiger partial charge in [-0.2, -0.15) is 0 Å². The van der Waals surface area contributed by atoms with Gasteiger partial charge in [-0.15, -0.1) is 0 Å². The summed E-state index contributed by atoms with van der Waals surface area (Å²) in [7, 11) is 0. The average Bonchev–Trinajstić information content (AvgIpc) is 1.38. The van der Waals surface area contributed by atoms with Crippen LogP contribution in [0.2, 0.25) is 0 Å². The Morgan fingerprint density at radius 3 is 1.41 bits per heavy atom. The van der Waals surface area contributed by atoms with Crippen molar-refractivity contribution in [3.8, 4) is 61.6 Å². The highest BCUT2D eigenvalue weighted by molar-refractivity contribution is 6.36.